The summed E-state index contributed by atoms with van der Waals surface area (Å²) in [5.74, 6) is -1.57. The molecule has 24 heavy (non-hydrogen) atoms. The molecule has 0 saturated carbocycles. The average Bonchev–Trinajstić information content (AvgIpc) is 2.81. The Balaban J connectivity index is 2.24. The van der Waals surface area contributed by atoms with E-state index in [-0.39, 0.29) is 11.8 Å². The number of hydrogen-bond donors (Lipinski definition) is 2. The van der Waals surface area contributed by atoms with Gasteiger partial charge in [-0.1, -0.05) is 13.8 Å². The lowest BCUT2D eigenvalue weighted by atomic mass is 10.0. The number of carboxylic acids is 1. The fourth-order valence-electron chi connectivity index (χ4n) is 2.68. The Morgan fingerprint density at radius 2 is 1.88 bits per heavy atom. The second-order valence-electron chi connectivity index (χ2n) is 6.26. The van der Waals surface area contributed by atoms with Crippen LogP contribution in [-0.2, 0) is 11.3 Å². The van der Waals surface area contributed by atoms with Crippen molar-refractivity contribution in [3.63, 3.8) is 0 Å². The number of pyridine rings is 1. The second-order valence-corrected chi connectivity index (χ2v) is 6.26. The van der Waals surface area contributed by atoms with E-state index in [0.29, 0.717) is 12.1 Å². The van der Waals surface area contributed by atoms with Crippen LogP contribution in [0.4, 0.5) is 0 Å². The van der Waals surface area contributed by atoms with Crippen LogP contribution in [0.3, 0.4) is 0 Å². The minimum absolute atomic E-state index is 0.188. The third-order valence-corrected chi connectivity index (χ3v) is 4.13. The van der Waals surface area contributed by atoms with Gasteiger partial charge in [0, 0.05) is 30.3 Å². The fraction of sp³-hybridized carbons (Fsp3) is 0.389. The first-order valence-corrected chi connectivity index (χ1v) is 7.90. The Kier molecular flexibility index (Phi) is 5.39. The van der Waals surface area contributed by atoms with Crippen molar-refractivity contribution in [1.82, 2.24) is 14.9 Å². The SMILES string of the molecule is Cc1cc(C(=O)N[C@H](C(=O)O)C(C)C)c(C)n1Cc1ccncc1. The van der Waals surface area contributed by atoms with E-state index in [1.165, 1.54) is 0 Å². The average molecular weight is 329 g/mol. The molecule has 128 valence electrons. The lowest BCUT2D eigenvalue weighted by Crippen LogP contribution is -2.44. The van der Waals surface area contributed by atoms with Gasteiger partial charge in [0.2, 0.25) is 0 Å². The highest BCUT2D eigenvalue weighted by atomic mass is 16.4. The Morgan fingerprint density at radius 1 is 1.25 bits per heavy atom. The van der Waals surface area contributed by atoms with Gasteiger partial charge in [-0.25, -0.2) is 4.79 Å². The number of nitrogens with zero attached hydrogens (tertiary/aromatic N) is 2. The van der Waals surface area contributed by atoms with Crippen LogP contribution >= 0.6 is 0 Å². The lowest BCUT2D eigenvalue weighted by molar-refractivity contribution is -0.140. The molecule has 2 N–H and O–H groups in total. The van der Waals surface area contributed by atoms with E-state index in [4.69, 9.17) is 0 Å². The number of carboxylic acid groups (broad SMARTS) is 1. The fourth-order valence-corrected chi connectivity index (χ4v) is 2.68. The topological polar surface area (TPSA) is 84.2 Å². The van der Waals surface area contributed by atoms with Gasteiger partial charge in [0.05, 0.1) is 5.56 Å². The minimum Gasteiger partial charge on any atom is -0.480 e. The first kappa shape index (κ1) is 17.7. The van der Waals surface area contributed by atoms with E-state index in [1.54, 1.807) is 32.3 Å². The lowest BCUT2D eigenvalue weighted by Gasteiger charge is -2.18. The van der Waals surface area contributed by atoms with E-state index in [2.05, 4.69) is 10.3 Å². The number of carbonyl (C=O) groups excluding carboxylic acids is 1. The molecule has 2 heterocycles. The molecule has 0 fully saturated rings. The van der Waals surface area contributed by atoms with Crippen LogP contribution in [-0.4, -0.2) is 32.6 Å². The van der Waals surface area contributed by atoms with Crippen LogP contribution in [0.5, 0.6) is 0 Å². The number of amides is 1. The zero-order chi connectivity index (χ0) is 17.9. The van der Waals surface area contributed by atoms with E-state index >= 15 is 0 Å². The van der Waals surface area contributed by atoms with Crippen LogP contribution in [0.2, 0.25) is 0 Å². The van der Waals surface area contributed by atoms with Crippen LogP contribution in [0, 0.1) is 19.8 Å². The summed E-state index contributed by atoms with van der Waals surface area (Å²) in [5.41, 5.74) is 3.36. The van der Waals surface area contributed by atoms with Crippen LogP contribution in [0.1, 0.15) is 41.2 Å². The Hall–Kier alpha value is -2.63. The summed E-state index contributed by atoms with van der Waals surface area (Å²) in [5, 5.41) is 11.9. The number of carbonyl (C=O) groups is 2. The molecule has 0 aromatic carbocycles. The number of rotatable bonds is 6. The molecule has 1 amide bonds. The standard InChI is InChI=1S/C18H23N3O3/c1-11(2)16(18(23)24)20-17(22)15-9-12(3)21(13(15)4)10-14-5-7-19-8-6-14/h5-9,11,16H,10H2,1-4H3,(H,20,22)(H,23,24)/t16-/m0/s1. The number of aliphatic carboxylic acids is 1. The smallest absolute Gasteiger partial charge is 0.326 e. The van der Waals surface area contributed by atoms with Gasteiger partial charge in [-0.2, -0.15) is 0 Å². The van der Waals surface area contributed by atoms with Gasteiger partial charge in [0.25, 0.3) is 5.91 Å². The molecule has 6 heteroatoms. The van der Waals surface area contributed by atoms with E-state index < -0.39 is 12.0 Å². The highest BCUT2D eigenvalue weighted by Crippen LogP contribution is 2.17. The second kappa shape index (κ2) is 7.29. The van der Waals surface area contributed by atoms with Gasteiger partial charge in [-0.3, -0.25) is 9.78 Å². The maximum absolute atomic E-state index is 12.5. The number of aromatic nitrogens is 2. The minimum atomic E-state index is -1.02. The van der Waals surface area contributed by atoms with Crippen molar-refractivity contribution in [2.24, 2.45) is 5.92 Å². The van der Waals surface area contributed by atoms with Crippen molar-refractivity contribution in [3.8, 4) is 0 Å². The van der Waals surface area contributed by atoms with Crippen molar-refractivity contribution in [2.45, 2.75) is 40.3 Å². The highest BCUT2D eigenvalue weighted by Gasteiger charge is 2.25. The zero-order valence-corrected chi connectivity index (χ0v) is 14.4. The van der Waals surface area contributed by atoms with Gasteiger partial charge in [0.1, 0.15) is 6.04 Å². The highest BCUT2D eigenvalue weighted by molar-refractivity contribution is 5.97. The van der Waals surface area contributed by atoms with Crippen molar-refractivity contribution >= 4 is 11.9 Å². The molecule has 0 radical (unpaired) electrons. The molecule has 2 aromatic rings. The summed E-state index contributed by atoms with van der Waals surface area (Å²) in [4.78, 5) is 27.8. The summed E-state index contributed by atoms with van der Waals surface area (Å²) >= 11 is 0. The first-order valence-electron chi connectivity index (χ1n) is 7.90. The zero-order valence-electron chi connectivity index (χ0n) is 14.4. The Bertz CT molecular complexity index is 735. The normalized spacial score (nSPS) is 12.2. The predicted octanol–water partition coefficient (Wildman–Crippen LogP) is 2.39. The van der Waals surface area contributed by atoms with E-state index in [1.807, 2.05) is 30.5 Å². The third kappa shape index (κ3) is 3.82. The molecule has 0 aliphatic carbocycles. The number of aryl methyl sites for hydroxylation is 1. The van der Waals surface area contributed by atoms with Crippen LogP contribution in [0.25, 0.3) is 0 Å². The Morgan fingerprint density at radius 3 is 2.42 bits per heavy atom. The van der Waals surface area contributed by atoms with E-state index in [9.17, 15) is 14.7 Å². The largest absolute Gasteiger partial charge is 0.480 e. The third-order valence-electron chi connectivity index (χ3n) is 4.13. The summed E-state index contributed by atoms with van der Waals surface area (Å²) in [6, 6.07) is 4.75. The van der Waals surface area contributed by atoms with Crippen LogP contribution in [0.15, 0.2) is 30.6 Å². The molecule has 1 atom stereocenters. The predicted molar refractivity (Wildman–Crippen MR) is 91.0 cm³/mol. The van der Waals surface area contributed by atoms with Gasteiger partial charge < -0.3 is 15.0 Å². The van der Waals surface area contributed by atoms with Crippen molar-refractivity contribution in [1.29, 1.82) is 0 Å². The summed E-state index contributed by atoms with van der Waals surface area (Å²) in [7, 11) is 0. The molecule has 0 saturated heterocycles. The maximum atomic E-state index is 12.5. The van der Waals surface area contributed by atoms with Crippen LogP contribution < -0.4 is 5.32 Å². The summed E-state index contributed by atoms with van der Waals surface area (Å²) in [6.45, 7) is 7.98. The molecule has 0 unspecified atom stereocenters. The summed E-state index contributed by atoms with van der Waals surface area (Å²) < 4.78 is 2.04. The van der Waals surface area contributed by atoms with Gasteiger partial charge in [-0.15, -0.1) is 0 Å². The maximum Gasteiger partial charge on any atom is 0.326 e. The number of hydrogen-bond acceptors (Lipinski definition) is 3. The van der Waals surface area contributed by atoms with Crippen molar-refractivity contribution in [3.05, 3.63) is 53.1 Å². The van der Waals surface area contributed by atoms with Gasteiger partial charge in [-0.05, 0) is 43.5 Å². The van der Waals surface area contributed by atoms with Crippen molar-refractivity contribution < 1.29 is 14.7 Å². The molecule has 2 aromatic heterocycles. The molecular weight excluding hydrogens is 306 g/mol. The van der Waals surface area contributed by atoms with E-state index in [0.717, 1.165) is 17.0 Å². The quantitative estimate of drug-likeness (QED) is 0.852. The Labute approximate surface area is 141 Å². The molecule has 0 aliphatic rings. The molecule has 0 spiro atoms. The van der Waals surface area contributed by atoms with Gasteiger partial charge >= 0.3 is 5.97 Å². The number of nitrogens with one attached hydrogen (secondary N) is 1. The molecule has 0 bridgehead atoms. The molecule has 2 rings (SSSR count). The van der Waals surface area contributed by atoms with Gasteiger partial charge in [0.15, 0.2) is 0 Å². The molecule has 0 aliphatic heterocycles. The van der Waals surface area contributed by atoms with Crippen molar-refractivity contribution in [2.75, 3.05) is 0 Å². The summed E-state index contributed by atoms with van der Waals surface area (Å²) in [6.07, 6.45) is 3.47. The molecular formula is C18H23N3O3. The molecule has 6 nitrogen and oxygen atoms in total. The monoisotopic (exact) mass is 329 g/mol. The first-order chi connectivity index (χ1) is 11.3.